The van der Waals surface area contributed by atoms with Crippen molar-refractivity contribution in [3.05, 3.63) is 59.7 Å². The van der Waals surface area contributed by atoms with Crippen molar-refractivity contribution >= 4 is 17.6 Å². The number of carbonyl (C=O) groups excluding carboxylic acids is 2. The minimum absolute atomic E-state index is 0.0151. The Bertz CT molecular complexity index is 1020. The minimum atomic E-state index is -0.947. The number of hydrogen-bond acceptors (Lipinski definition) is 9. The molecule has 3 aromatic rings. The van der Waals surface area contributed by atoms with Crippen LogP contribution in [-0.2, 0) is 0 Å². The number of phenolic OH excluding ortho intramolecular Hbond substituents is 6. The normalized spacial score (nSPS) is 10.4. The summed E-state index contributed by atoms with van der Waals surface area (Å²) in [5.41, 5.74) is -0.165. The van der Waals surface area contributed by atoms with Crippen LogP contribution in [0.5, 0.6) is 40.2 Å². The first-order chi connectivity index (χ1) is 14.2. The maximum absolute atomic E-state index is 12.3. The third-order valence-corrected chi connectivity index (χ3v) is 3.94. The zero-order valence-corrected chi connectivity index (χ0v) is 15.0. The molecule has 0 aliphatic rings. The molecule has 0 saturated carbocycles. The van der Waals surface area contributed by atoms with Gasteiger partial charge in [-0.15, -0.1) is 0 Å². The molecule has 10 heteroatoms. The van der Waals surface area contributed by atoms with E-state index in [1.807, 2.05) is 0 Å². The van der Waals surface area contributed by atoms with Gasteiger partial charge in [0.05, 0.1) is 5.56 Å². The zero-order chi connectivity index (χ0) is 22.0. The second-order valence-corrected chi connectivity index (χ2v) is 6.10. The van der Waals surface area contributed by atoms with Crippen LogP contribution in [0.4, 0.5) is 5.69 Å². The number of nitrogens with one attached hydrogen (secondary N) is 1. The average molecular weight is 413 g/mol. The van der Waals surface area contributed by atoms with Gasteiger partial charge in [-0.05, 0) is 36.4 Å². The van der Waals surface area contributed by atoms with Crippen LogP contribution < -0.4 is 10.1 Å². The summed E-state index contributed by atoms with van der Waals surface area (Å²) >= 11 is 0. The monoisotopic (exact) mass is 413 g/mol. The first kappa shape index (κ1) is 20.1. The van der Waals surface area contributed by atoms with Gasteiger partial charge in [-0.25, -0.2) is 4.79 Å². The maximum Gasteiger partial charge on any atom is 0.343 e. The van der Waals surface area contributed by atoms with Crippen molar-refractivity contribution in [2.75, 3.05) is 5.32 Å². The van der Waals surface area contributed by atoms with Gasteiger partial charge >= 0.3 is 5.97 Å². The molecule has 154 valence electrons. The number of esters is 1. The number of aromatic hydroxyl groups is 6. The Kier molecular flexibility index (Phi) is 5.23. The van der Waals surface area contributed by atoms with Crippen molar-refractivity contribution in [1.29, 1.82) is 0 Å². The molecule has 0 unspecified atom stereocenters. The van der Waals surface area contributed by atoms with Crippen molar-refractivity contribution in [2.45, 2.75) is 0 Å². The van der Waals surface area contributed by atoms with Crippen LogP contribution in [0, 0.1) is 0 Å². The molecule has 0 bridgehead atoms. The van der Waals surface area contributed by atoms with E-state index in [9.17, 15) is 40.2 Å². The largest absolute Gasteiger partial charge is 0.504 e. The number of carbonyl (C=O) groups is 2. The van der Waals surface area contributed by atoms with Gasteiger partial charge in [0, 0.05) is 17.3 Å². The number of anilines is 1. The quantitative estimate of drug-likeness (QED) is 0.192. The van der Waals surface area contributed by atoms with Gasteiger partial charge in [0.1, 0.15) is 5.75 Å². The standard InChI is InChI=1S/C20H15NO9/c22-13-4-9(5-14(23)17(13)26)19(28)21-11-2-1-3-12(8-11)30-20(29)10-6-15(24)18(27)16(25)7-10/h1-8,22-27H,(H,21,28). The van der Waals surface area contributed by atoms with Crippen LogP contribution in [-0.4, -0.2) is 42.5 Å². The second-order valence-electron chi connectivity index (χ2n) is 6.10. The van der Waals surface area contributed by atoms with Gasteiger partial charge < -0.3 is 40.7 Å². The molecular weight excluding hydrogens is 398 g/mol. The van der Waals surface area contributed by atoms with Gasteiger partial charge in [0.15, 0.2) is 34.5 Å². The van der Waals surface area contributed by atoms with Gasteiger partial charge in [0.2, 0.25) is 0 Å². The third kappa shape index (κ3) is 4.12. The molecule has 0 aliphatic heterocycles. The molecule has 0 spiro atoms. The Balaban J connectivity index is 1.76. The Morgan fingerprint density at radius 1 is 0.700 bits per heavy atom. The van der Waals surface area contributed by atoms with Crippen molar-refractivity contribution in [3.63, 3.8) is 0 Å². The van der Waals surface area contributed by atoms with Crippen molar-refractivity contribution in [2.24, 2.45) is 0 Å². The number of amides is 1. The summed E-state index contributed by atoms with van der Waals surface area (Å²) in [5, 5.41) is 59.1. The lowest BCUT2D eigenvalue weighted by atomic mass is 10.1. The fraction of sp³-hybridized carbons (Fsp3) is 0. The van der Waals surface area contributed by atoms with Crippen LogP contribution >= 0.6 is 0 Å². The molecule has 0 atom stereocenters. The van der Waals surface area contributed by atoms with Crippen LogP contribution in [0.15, 0.2) is 48.5 Å². The summed E-state index contributed by atoms with van der Waals surface area (Å²) in [6.45, 7) is 0. The number of ether oxygens (including phenoxy) is 1. The minimum Gasteiger partial charge on any atom is -0.504 e. The Hall–Kier alpha value is -4.60. The summed E-state index contributed by atoms with van der Waals surface area (Å²) in [5.74, 6) is -5.95. The van der Waals surface area contributed by atoms with Gasteiger partial charge in [-0.3, -0.25) is 4.79 Å². The highest BCUT2D eigenvalue weighted by Gasteiger charge is 2.17. The summed E-state index contributed by atoms with van der Waals surface area (Å²) < 4.78 is 5.13. The number of hydrogen-bond donors (Lipinski definition) is 7. The number of phenols is 6. The van der Waals surface area contributed by atoms with Crippen molar-refractivity contribution < 1.29 is 45.0 Å². The fourth-order valence-corrected chi connectivity index (χ4v) is 2.46. The van der Waals surface area contributed by atoms with E-state index in [2.05, 4.69) is 5.32 Å². The Morgan fingerprint density at radius 2 is 1.20 bits per heavy atom. The number of benzene rings is 3. The van der Waals surface area contributed by atoms with Gasteiger partial charge in [-0.2, -0.15) is 0 Å². The van der Waals surface area contributed by atoms with E-state index >= 15 is 0 Å². The molecule has 7 N–H and O–H groups in total. The van der Waals surface area contributed by atoms with Crippen molar-refractivity contribution in [1.82, 2.24) is 0 Å². The first-order valence-electron chi connectivity index (χ1n) is 8.29. The summed E-state index contributed by atoms with van der Waals surface area (Å²) in [4.78, 5) is 24.5. The molecule has 0 radical (unpaired) electrons. The van der Waals surface area contributed by atoms with E-state index in [1.165, 1.54) is 24.3 Å². The molecule has 3 rings (SSSR count). The molecule has 0 aliphatic carbocycles. The third-order valence-electron chi connectivity index (χ3n) is 3.94. The van der Waals surface area contributed by atoms with Crippen LogP contribution in [0.1, 0.15) is 20.7 Å². The molecule has 1 amide bonds. The van der Waals surface area contributed by atoms with Crippen LogP contribution in [0.2, 0.25) is 0 Å². The molecule has 30 heavy (non-hydrogen) atoms. The van der Waals surface area contributed by atoms with E-state index in [0.29, 0.717) is 0 Å². The van der Waals surface area contributed by atoms with Crippen LogP contribution in [0.3, 0.4) is 0 Å². The Morgan fingerprint density at radius 3 is 1.73 bits per heavy atom. The van der Waals surface area contributed by atoms with E-state index in [-0.39, 0.29) is 22.6 Å². The summed E-state index contributed by atoms with van der Waals surface area (Å²) in [6, 6.07) is 9.39. The molecule has 10 nitrogen and oxygen atoms in total. The van der Waals surface area contributed by atoms with Crippen LogP contribution in [0.25, 0.3) is 0 Å². The zero-order valence-electron chi connectivity index (χ0n) is 15.0. The molecule has 0 saturated heterocycles. The lowest BCUT2D eigenvalue weighted by molar-refractivity contribution is 0.0733. The SMILES string of the molecule is O=C(Nc1cccc(OC(=O)c2cc(O)c(O)c(O)c2)c1)c1cc(O)c(O)c(O)c1. The van der Waals surface area contributed by atoms with E-state index in [0.717, 1.165) is 24.3 Å². The lowest BCUT2D eigenvalue weighted by Gasteiger charge is -2.10. The second kappa shape index (κ2) is 7.80. The van der Waals surface area contributed by atoms with E-state index in [1.54, 1.807) is 0 Å². The Labute approximate surface area is 168 Å². The molecule has 0 heterocycles. The summed E-state index contributed by atoms with van der Waals surface area (Å²) in [7, 11) is 0. The van der Waals surface area contributed by atoms with E-state index in [4.69, 9.17) is 4.74 Å². The molecular formula is C20H15NO9. The smallest absolute Gasteiger partial charge is 0.343 e. The predicted octanol–water partition coefficient (Wildman–Crippen LogP) is 2.39. The maximum atomic E-state index is 12.3. The molecule has 0 fully saturated rings. The fourth-order valence-electron chi connectivity index (χ4n) is 2.46. The van der Waals surface area contributed by atoms with E-state index < -0.39 is 46.4 Å². The lowest BCUT2D eigenvalue weighted by Crippen LogP contribution is -2.12. The highest BCUT2D eigenvalue weighted by molar-refractivity contribution is 6.05. The van der Waals surface area contributed by atoms with Crippen molar-refractivity contribution in [3.8, 4) is 40.2 Å². The highest BCUT2D eigenvalue weighted by Crippen LogP contribution is 2.36. The first-order valence-corrected chi connectivity index (χ1v) is 8.29. The number of rotatable bonds is 4. The molecule has 3 aromatic carbocycles. The average Bonchev–Trinajstić information content (AvgIpc) is 2.69. The predicted molar refractivity (Wildman–Crippen MR) is 102 cm³/mol. The topological polar surface area (TPSA) is 177 Å². The summed E-state index contributed by atoms with van der Waals surface area (Å²) in [6.07, 6.45) is 0. The highest BCUT2D eigenvalue weighted by atomic mass is 16.5. The van der Waals surface area contributed by atoms with Gasteiger partial charge in [0.25, 0.3) is 5.91 Å². The van der Waals surface area contributed by atoms with Gasteiger partial charge in [-0.1, -0.05) is 6.07 Å². The molecule has 0 aromatic heterocycles.